The number of carboxylic acid groups (broad SMARTS) is 1. The van der Waals surface area contributed by atoms with E-state index >= 15 is 0 Å². The molecule has 2 rings (SSSR count). The SMILES string of the molecule is NC(N)=NCCNC(=O)c1cccc(C(=O)NC[C@H](NS(=O)(=O)c2ccccc2)C(=O)O)c1. The number of carbonyl (C=O) groups excluding carboxylic acids is 2. The van der Waals surface area contributed by atoms with Gasteiger partial charge in [-0.1, -0.05) is 24.3 Å². The van der Waals surface area contributed by atoms with Gasteiger partial charge in [-0.2, -0.15) is 4.72 Å². The van der Waals surface area contributed by atoms with E-state index in [9.17, 15) is 27.9 Å². The number of hydrogen-bond donors (Lipinski definition) is 6. The highest BCUT2D eigenvalue weighted by Gasteiger charge is 2.26. The Morgan fingerprint density at radius 2 is 1.55 bits per heavy atom. The molecule has 0 aliphatic carbocycles. The van der Waals surface area contributed by atoms with Crippen LogP contribution in [0.15, 0.2) is 64.5 Å². The number of carbonyl (C=O) groups is 3. The van der Waals surface area contributed by atoms with Crippen molar-refractivity contribution in [3.05, 3.63) is 65.7 Å². The van der Waals surface area contributed by atoms with Crippen LogP contribution in [0.2, 0.25) is 0 Å². The minimum atomic E-state index is -4.11. The Hall–Kier alpha value is -3.97. The fraction of sp³-hybridized carbons (Fsp3) is 0.200. The molecule has 12 nitrogen and oxygen atoms in total. The predicted molar refractivity (Wildman–Crippen MR) is 120 cm³/mol. The first kappa shape index (κ1) is 25.3. The zero-order valence-electron chi connectivity index (χ0n) is 17.4. The normalized spacial score (nSPS) is 11.8. The van der Waals surface area contributed by atoms with Gasteiger partial charge in [-0.15, -0.1) is 0 Å². The zero-order valence-corrected chi connectivity index (χ0v) is 18.2. The van der Waals surface area contributed by atoms with E-state index in [0.717, 1.165) is 0 Å². The number of nitrogens with one attached hydrogen (secondary N) is 3. The van der Waals surface area contributed by atoms with Gasteiger partial charge in [0.25, 0.3) is 11.8 Å². The molecule has 0 fully saturated rings. The average molecular weight is 477 g/mol. The summed E-state index contributed by atoms with van der Waals surface area (Å²) in [7, 11) is -4.11. The number of guanidine groups is 1. The van der Waals surface area contributed by atoms with E-state index in [1.807, 2.05) is 4.72 Å². The average Bonchev–Trinajstić information content (AvgIpc) is 2.79. The van der Waals surface area contributed by atoms with Crippen LogP contribution in [0.4, 0.5) is 0 Å². The van der Waals surface area contributed by atoms with Crippen LogP contribution in [-0.2, 0) is 14.8 Å². The number of nitrogens with zero attached hydrogens (tertiary/aromatic N) is 1. The maximum Gasteiger partial charge on any atom is 0.323 e. The van der Waals surface area contributed by atoms with Crippen LogP contribution < -0.4 is 26.8 Å². The molecule has 2 aromatic carbocycles. The maximum atomic E-state index is 12.5. The van der Waals surface area contributed by atoms with Gasteiger partial charge in [-0.3, -0.25) is 19.4 Å². The summed E-state index contributed by atoms with van der Waals surface area (Å²) >= 11 is 0. The van der Waals surface area contributed by atoms with E-state index in [4.69, 9.17) is 11.5 Å². The lowest BCUT2D eigenvalue weighted by Gasteiger charge is -2.16. The molecule has 0 spiro atoms. The molecule has 0 saturated carbocycles. The highest BCUT2D eigenvalue weighted by atomic mass is 32.2. The number of amides is 2. The number of rotatable bonds is 11. The van der Waals surface area contributed by atoms with Gasteiger partial charge in [0.1, 0.15) is 6.04 Å². The van der Waals surface area contributed by atoms with Crippen LogP contribution in [0.1, 0.15) is 20.7 Å². The second-order valence-electron chi connectivity index (χ2n) is 6.68. The van der Waals surface area contributed by atoms with E-state index in [1.165, 1.54) is 48.5 Å². The third-order valence-electron chi connectivity index (χ3n) is 4.19. The van der Waals surface area contributed by atoms with E-state index in [0.29, 0.717) is 0 Å². The number of sulfonamides is 1. The van der Waals surface area contributed by atoms with Crippen molar-refractivity contribution in [3.63, 3.8) is 0 Å². The predicted octanol–water partition coefficient (Wildman–Crippen LogP) is -1.15. The molecule has 0 radical (unpaired) electrons. The minimum absolute atomic E-state index is 0.0851. The lowest BCUT2D eigenvalue weighted by molar-refractivity contribution is -0.138. The van der Waals surface area contributed by atoms with Crippen LogP contribution in [0.25, 0.3) is 0 Å². The van der Waals surface area contributed by atoms with Crippen molar-refractivity contribution in [1.82, 2.24) is 15.4 Å². The van der Waals surface area contributed by atoms with Crippen molar-refractivity contribution >= 4 is 33.8 Å². The van der Waals surface area contributed by atoms with Crippen molar-refractivity contribution in [2.45, 2.75) is 10.9 Å². The number of carboxylic acids is 1. The standard InChI is InChI=1S/C20H24N6O6S/c21-20(22)24-10-9-23-17(27)13-5-4-6-14(11-13)18(28)25-12-16(19(29)30)26-33(31,32)15-7-2-1-3-8-15/h1-8,11,16,26H,9-10,12H2,(H,23,27)(H,25,28)(H,29,30)(H4,21,22,24)/t16-/m0/s1. The van der Waals surface area contributed by atoms with Crippen LogP contribution in [0.5, 0.6) is 0 Å². The molecule has 13 heteroatoms. The molecule has 33 heavy (non-hydrogen) atoms. The Kier molecular flexibility index (Phi) is 8.89. The van der Waals surface area contributed by atoms with Gasteiger partial charge < -0.3 is 27.2 Å². The lowest BCUT2D eigenvalue weighted by atomic mass is 10.1. The second kappa shape index (κ2) is 11.6. The van der Waals surface area contributed by atoms with Crippen LogP contribution in [-0.4, -0.2) is 62.9 Å². The first-order chi connectivity index (χ1) is 15.6. The highest BCUT2D eigenvalue weighted by molar-refractivity contribution is 7.89. The largest absolute Gasteiger partial charge is 0.480 e. The molecular weight excluding hydrogens is 452 g/mol. The molecule has 0 unspecified atom stereocenters. The summed E-state index contributed by atoms with van der Waals surface area (Å²) in [5.41, 5.74) is 10.7. The number of aliphatic carboxylic acids is 1. The Morgan fingerprint density at radius 3 is 2.12 bits per heavy atom. The van der Waals surface area contributed by atoms with E-state index < -0.39 is 40.4 Å². The monoisotopic (exact) mass is 476 g/mol. The fourth-order valence-corrected chi connectivity index (χ4v) is 3.80. The first-order valence-electron chi connectivity index (χ1n) is 9.62. The highest BCUT2D eigenvalue weighted by Crippen LogP contribution is 2.09. The Labute approximate surface area is 190 Å². The molecule has 8 N–H and O–H groups in total. The molecule has 0 bridgehead atoms. The van der Waals surface area contributed by atoms with Crippen molar-refractivity contribution < 1.29 is 27.9 Å². The minimum Gasteiger partial charge on any atom is -0.480 e. The van der Waals surface area contributed by atoms with Crippen molar-refractivity contribution in [2.75, 3.05) is 19.6 Å². The second-order valence-corrected chi connectivity index (χ2v) is 8.39. The maximum absolute atomic E-state index is 12.5. The van der Waals surface area contributed by atoms with Crippen LogP contribution in [0.3, 0.4) is 0 Å². The Bertz CT molecular complexity index is 1130. The molecule has 0 aliphatic heterocycles. The summed E-state index contributed by atoms with van der Waals surface area (Å²) in [6.45, 7) is -0.159. The molecule has 0 heterocycles. The molecule has 2 aromatic rings. The summed E-state index contributed by atoms with van der Waals surface area (Å²) in [5, 5.41) is 14.3. The molecule has 0 saturated heterocycles. The lowest BCUT2D eigenvalue weighted by Crippen LogP contribution is -2.48. The fourth-order valence-electron chi connectivity index (χ4n) is 2.59. The van der Waals surface area contributed by atoms with Gasteiger partial charge in [-0.05, 0) is 30.3 Å². The van der Waals surface area contributed by atoms with Gasteiger partial charge in [0.15, 0.2) is 5.96 Å². The summed E-state index contributed by atoms with van der Waals surface area (Å²) in [6, 6.07) is 11.3. The summed E-state index contributed by atoms with van der Waals surface area (Å²) in [6.07, 6.45) is 0. The number of hydrogen-bond acceptors (Lipinski definition) is 6. The molecular formula is C20H24N6O6S. The van der Waals surface area contributed by atoms with Crippen molar-refractivity contribution in [2.24, 2.45) is 16.5 Å². The van der Waals surface area contributed by atoms with E-state index in [1.54, 1.807) is 6.07 Å². The van der Waals surface area contributed by atoms with Gasteiger partial charge in [0, 0.05) is 24.2 Å². The molecule has 0 aliphatic rings. The van der Waals surface area contributed by atoms with Crippen molar-refractivity contribution in [1.29, 1.82) is 0 Å². The van der Waals surface area contributed by atoms with E-state index in [-0.39, 0.29) is 35.1 Å². The first-order valence-corrected chi connectivity index (χ1v) is 11.1. The third-order valence-corrected chi connectivity index (χ3v) is 5.68. The van der Waals surface area contributed by atoms with E-state index in [2.05, 4.69) is 15.6 Å². The van der Waals surface area contributed by atoms with Crippen molar-refractivity contribution in [3.8, 4) is 0 Å². The zero-order chi connectivity index (χ0) is 24.4. The van der Waals surface area contributed by atoms with Gasteiger partial charge in [-0.25, -0.2) is 8.42 Å². The van der Waals surface area contributed by atoms with Gasteiger partial charge >= 0.3 is 5.97 Å². The summed E-state index contributed by atoms with van der Waals surface area (Å²) in [5.74, 6) is -2.72. The van der Waals surface area contributed by atoms with Gasteiger partial charge in [0.05, 0.1) is 11.4 Å². The Balaban J connectivity index is 2.00. The third kappa shape index (κ3) is 7.90. The van der Waals surface area contributed by atoms with Crippen LogP contribution >= 0.6 is 0 Å². The molecule has 2 amide bonds. The quantitative estimate of drug-likeness (QED) is 0.132. The van der Waals surface area contributed by atoms with Gasteiger partial charge in [0.2, 0.25) is 10.0 Å². The molecule has 176 valence electrons. The smallest absolute Gasteiger partial charge is 0.323 e. The Morgan fingerprint density at radius 1 is 0.939 bits per heavy atom. The summed E-state index contributed by atoms with van der Waals surface area (Å²) in [4.78, 5) is 39.8. The topological polar surface area (TPSA) is 206 Å². The molecule has 0 aromatic heterocycles. The number of nitrogens with two attached hydrogens (primary N) is 2. The molecule has 1 atom stereocenters. The van der Waals surface area contributed by atoms with Crippen LogP contribution in [0, 0.1) is 0 Å². The number of aliphatic imine (C=N–C) groups is 1. The number of benzene rings is 2. The summed E-state index contributed by atoms with van der Waals surface area (Å²) < 4.78 is 26.8.